The third-order valence-corrected chi connectivity index (χ3v) is 12.1. The maximum Gasteiger partial charge on any atom is 0.228 e. The number of hydrogen-bond donors (Lipinski definition) is 6. The number of hydrogen-bond acceptors (Lipinski definition) is 28. The van der Waals surface area contributed by atoms with Gasteiger partial charge in [-0.25, -0.2) is 0 Å². The van der Waals surface area contributed by atoms with E-state index in [4.69, 9.17) is 101 Å². The van der Waals surface area contributed by atoms with E-state index in [-0.39, 0.29) is 134 Å². The molecule has 0 aromatic heterocycles. The minimum atomic E-state index is -0.259. The van der Waals surface area contributed by atoms with Crippen molar-refractivity contribution < 1.29 is 155 Å². The number of ketones is 3. The summed E-state index contributed by atoms with van der Waals surface area (Å²) in [5.41, 5.74) is 1.31. The van der Waals surface area contributed by atoms with E-state index in [0.29, 0.717) is 234 Å². The minimum absolute atomic E-state index is 0. The molecule has 0 fully saturated rings. The van der Waals surface area contributed by atoms with E-state index in [1.165, 1.54) is 0 Å². The molecule has 29 heteroatoms. The zero-order chi connectivity index (χ0) is 64.8. The van der Waals surface area contributed by atoms with Gasteiger partial charge in [-0.1, -0.05) is 18.2 Å². The van der Waals surface area contributed by atoms with Crippen LogP contribution in [0, 0.1) is 39.9 Å². The van der Waals surface area contributed by atoms with E-state index in [9.17, 15) is 14.4 Å². The number of nitrogens with one attached hydrogen (secondary N) is 3. The molecule has 0 atom stereocenters. The van der Waals surface area contributed by atoms with Gasteiger partial charge in [-0.05, 0) is 36.5 Å². The zero-order valence-electron chi connectivity index (χ0n) is 53.3. The number of aliphatic hydroxyl groups is 3. The first-order valence-electron chi connectivity index (χ1n) is 31.2. The standard InChI is InChI=1S/C63H102N4O24.Gd/c68-16-19-74-22-25-77-28-31-80-34-37-83-40-43-86-46-49-89-58-7-1-4-55(61(58)71)52-64-10-13-67(14-11-65-53-56-5-2-8-59(62(56)72)90-50-47-87-44-41-84-38-35-81-32-29-78-26-23-75-20-17-69)15-12-66-54-57-6-3-9-60(63(57)73)91-51-48-88-45-42-85-39-36-82-33-30-79-27-24-76-21-18-70;/h1-9,52-54,64-66,68-70H,10-51H2;/b55-52-,56-53-,57-54-;. The summed E-state index contributed by atoms with van der Waals surface area (Å²) < 4.78 is 98.7. The van der Waals surface area contributed by atoms with E-state index in [1.54, 1.807) is 73.3 Å². The first kappa shape index (κ1) is 84.1. The van der Waals surface area contributed by atoms with Crippen LogP contribution >= 0.6 is 0 Å². The van der Waals surface area contributed by atoms with Crippen LogP contribution < -0.4 is 16.0 Å². The fraction of sp³-hybridized carbons (Fsp3) is 0.667. The molecule has 0 spiro atoms. The van der Waals surface area contributed by atoms with Crippen LogP contribution in [0.4, 0.5) is 0 Å². The van der Waals surface area contributed by atoms with Crippen molar-refractivity contribution in [2.45, 2.75) is 0 Å². The van der Waals surface area contributed by atoms with Crippen molar-refractivity contribution in [3.05, 3.63) is 107 Å². The maximum absolute atomic E-state index is 13.3. The van der Waals surface area contributed by atoms with Gasteiger partial charge >= 0.3 is 0 Å². The van der Waals surface area contributed by atoms with Crippen LogP contribution in [0.15, 0.2) is 107 Å². The van der Waals surface area contributed by atoms with Gasteiger partial charge in [-0.3, -0.25) is 19.3 Å². The van der Waals surface area contributed by atoms with Crippen molar-refractivity contribution >= 4 is 17.3 Å². The number of aliphatic hydroxyl groups excluding tert-OH is 3. The second-order valence-corrected chi connectivity index (χ2v) is 19.1. The molecule has 0 aromatic rings. The second-order valence-electron chi connectivity index (χ2n) is 19.1. The van der Waals surface area contributed by atoms with Crippen LogP contribution in [0.1, 0.15) is 0 Å². The van der Waals surface area contributed by atoms with Crippen molar-refractivity contribution in [3.8, 4) is 0 Å². The summed E-state index contributed by atoms with van der Waals surface area (Å²) in [7, 11) is 0. The Morgan fingerprint density at radius 2 is 0.478 bits per heavy atom. The van der Waals surface area contributed by atoms with Gasteiger partial charge < -0.3 is 117 Å². The molecule has 0 radical (unpaired) electrons. The third-order valence-electron chi connectivity index (χ3n) is 12.1. The predicted molar refractivity (Wildman–Crippen MR) is 333 cm³/mol. The molecule has 0 saturated carbocycles. The van der Waals surface area contributed by atoms with E-state index >= 15 is 0 Å². The van der Waals surface area contributed by atoms with Crippen molar-refractivity contribution in [1.29, 1.82) is 0 Å². The Kier molecular flexibility index (Phi) is 57.7. The Bertz CT molecular complexity index is 1930. The van der Waals surface area contributed by atoms with E-state index in [1.807, 2.05) is 0 Å². The van der Waals surface area contributed by atoms with Crippen LogP contribution in [0.3, 0.4) is 0 Å². The molecule has 3 rings (SSSR count). The largest absolute Gasteiger partial charge is 0.487 e. The van der Waals surface area contributed by atoms with Crippen molar-refractivity contribution in [2.24, 2.45) is 0 Å². The fourth-order valence-corrected chi connectivity index (χ4v) is 7.60. The number of rotatable bonds is 66. The normalized spacial score (nSPS) is 15.2. The number of Topliss-reactive ketones (excluding diaryl/α,β-unsaturated/α-hetero) is 3. The predicted octanol–water partition coefficient (Wildman–Crippen LogP) is 0.0530. The molecule has 0 aliphatic heterocycles. The molecule has 0 unspecified atom stereocenters. The zero-order valence-corrected chi connectivity index (χ0v) is 55.6. The number of ether oxygens (including phenoxy) is 18. The number of carbonyl (C=O) groups is 3. The number of allylic oxidation sites excluding steroid dienone is 12. The molecule has 3 aliphatic rings. The molecular formula is C63H102GdN4O24. The smallest absolute Gasteiger partial charge is 0.228 e. The first-order valence-corrected chi connectivity index (χ1v) is 31.2. The maximum atomic E-state index is 13.3. The first-order chi connectivity index (χ1) is 45.0. The summed E-state index contributed by atoms with van der Waals surface area (Å²) in [5.74, 6) is -0.143. The van der Waals surface area contributed by atoms with Crippen molar-refractivity contribution in [3.63, 3.8) is 0 Å². The van der Waals surface area contributed by atoms with Gasteiger partial charge in [0.05, 0.1) is 218 Å². The van der Waals surface area contributed by atoms with Gasteiger partial charge in [-0.2, -0.15) is 0 Å². The van der Waals surface area contributed by atoms with Crippen molar-refractivity contribution in [2.75, 3.05) is 277 Å². The number of nitrogens with zero attached hydrogens (tertiary/aromatic N) is 1. The Morgan fingerprint density at radius 3 is 0.674 bits per heavy atom. The molecule has 3 aliphatic carbocycles. The molecule has 0 amide bonds. The molecule has 0 aromatic carbocycles. The quantitative estimate of drug-likeness (QED) is 0.0346. The molecule has 0 heterocycles. The van der Waals surface area contributed by atoms with Crippen LogP contribution in [-0.2, 0) is 99.6 Å². The second kappa shape index (κ2) is 63.1. The van der Waals surface area contributed by atoms with Crippen molar-refractivity contribution in [1.82, 2.24) is 20.9 Å². The average molecular weight is 1460 g/mol. The van der Waals surface area contributed by atoms with Gasteiger partial charge in [0, 0.05) is 115 Å². The molecule has 526 valence electrons. The molecule has 0 saturated heterocycles. The Balaban J connectivity index is 0.0000288. The topological polar surface area (TPSA) is 317 Å². The minimum Gasteiger partial charge on any atom is -0.487 e. The molecular weight excluding hydrogens is 1350 g/mol. The Morgan fingerprint density at radius 1 is 0.293 bits per heavy atom. The summed E-state index contributed by atoms with van der Waals surface area (Å²) in [6.45, 7) is 15.4. The van der Waals surface area contributed by atoms with Gasteiger partial charge in [0.15, 0.2) is 17.3 Å². The Labute approximate surface area is 574 Å². The summed E-state index contributed by atoms with van der Waals surface area (Å²) >= 11 is 0. The molecule has 28 nitrogen and oxygen atoms in total. The van der Waals surface area contributed by atoms with Gasteiger partial charge in [0.2, 0.25) is 17.3 Å². The SMILES string of the molecule is O=C1C(OCCOCCOCCOCCOCCOCCO)=CC=C/C1=C/NCCN(CCN/C=C1/C=CC=C(OCCOCCOCCOCCOCCOCCO)C1=O)CCN/C=C1/C=CC=C(OCCOCCOCCOCCOCCOCCO)C1=O.[Gd]. The molecule has 0 bridgehead atoms. The summed E-state index contributed by atoms with van der Waals surface area (Å²) in [5, 5.41) is 35.9. The molecule has 92 heavy (non-hydrogen) atoms. The van der Waals surface area contributed by atoms with E-state index in [0.717, 1.165) is 0 Å². The van der Waals surface area contributed by atoms with Crippen LogP contribution in [-0.4, -0.2) is 315 Å². The van der Waals surface area contributed by atoms with Gasteiger partial charge in [0.1, 0.15) is 19.8 Å². The van der Waals surface area contributed by atoms with Crippen LogP contribution in [0.2, 0.25) is 0 Å². The Hall–Kier alpha value is -3.97. The van der Waals surface area contributed by atoms with Crippen LogP contribution in [0.5, 0.6) is 0 Å². The number of carbonyl (C=O) groups excluding carboxylic acids is 3. The summed E-state index contributed by atoms with van der Waals surface area (Å²) in [6.07, 6.45) is 20.3. The van der Waals surface area contributed by atoms with E-state index in [2.05, 4.69) is 20.9 Å². The fourth-order valence-electron chi connectivity index (χ4n) is 7.60. The summed E-state index contributed by atoms with van der Waals surface area (Å²) in [4.78, 5) is 42.1. The average Bonchev–Trinajstić information content (AvgIpc) is 2.31. The monoisotopic (exact) mass is 1460 g/mol. The van der Waals surface area contributed by atoms with Gasteiger partial charge in [-0.15, -0.1) is 0 Å². The third kappa shape index (κ3) is 46.2. The molecule has 6 N–H and O–H groups in total. The van der Waals surface area contributed by atoms with E-state index < -0.39 is 0 Å². The van der Waals surface area contributed by atoms with Crippen LogP contribution in [0.25, 0.3) is 0 Å². The van der Waals surface area contributed by atoms with Gasteiger partial charge in [0.25, 0.3) is 0 Å². The summed E-state index contributed by atoms with van der Waals surface area (Å²) in [6, 6.07) is 0.